The van der Waals surface area contributed by atoms with Crippen LogP contribution in [-0.4, -0.2) is 47.2 Å². The Bertz CT molecular complexity index is 987. The van der Waals surface area contributed by atoms with Crippen molar-refractivity contribution in [2.75, 3.05) is 13.1 Å². The van der Waals surface area contributed by atoms with Crippen molar-refractivity contribution in [1.82, 2.24) is 13.8 Å². The lowest BCUT2D eigenvalue weighted by Gasteiger charge is -2.30. The van der Waals surface area contributed by atoms with Gasteiger partial charge in [0.2, 0.25) is 15.9 Å². The van der Waals surface area contributed by atoms with Crippen LogP contribution in [0.1, 0.15) is 33.4 Å². The van der Waals surface area contributed by atoms with Crippen LogP contribution < -0.4 is 0 Å². The summed E-state index contributed by atoms with van der Waals surface area (Å²) in [5, 5.41) is 0.332. The van der Waals surface area contributed by atoms with E-state index in [1.54, 1.807) is 18.7 Å². The van der Waals surface area contributed by atoms with E-state index in [0.717, 1.165) is 5.69 Å². The van der Waals surface area contributed by atoms with Gasteiger partial charge in [0.25, 0.3) is 0 Å². The molecule has 0 fully saturated rings. The molecule has 1 amide bonds. The molecule has 0 unspecified atom stereocenters. The summed E-state index contributed by atoms with van der Waals surface area (Å²) in [5.41, 5.74) is 0.973. The van der Waals surface area contributed by atoms with Crippen LogP contribution in [0.25, 0.3) is 0 Å². The maximum atomic E-state index is 13.3. The molecule has 1 heterocycles. The zero-order valence-electron chi connectivity index (χ0n) is 18.0. The molecular weight excluding hydrogens is 445 g/mol. The second-order valence-electron chi connectivity index (χ2n) is 8.00. The molecule has 2 aromatic rings. The zero-order valence-corrected chi connectivity index (χ0v) is 20.3. The Labute approximate surface area is 189 Å². The van der Waals surface area contributed by atoms with E-state index in [1.807, 2.05) is 43.8 Å². The van der Waals surface area contributed by atoms with Crippen LogP contribution in [0.15, 0.2) is 41.4 Å². The van der Waals surface area contributed by atoms with Gasteiger partial charge in [-0.3, -0.25) is 4.79 Å². The second kappa shape index (κ2) is 10.2. The molecule has 9 heteroatoms. The summed E-state index contributed by atoms with van der Waals surface area (Å²) < 4.78 is 29.7. The van der Waals surface area contributed by atoms with Crippen molar-refractivity contribution in [2.45, 2.75) is 45.2 Å². The van der Waals surface area contributed by atoms with Crippen molar-refractivity contribution in [2.24, 2.45) is 13.0 Å². The van der Waals surface area contributed by atoms with Gasteiger partial charge in [-0.2, -0.15) is 4.31 Å². The average Bonchev–Trinajstić information content (AvgIpc) is 3.04. The monoisotopic (exact) mass is 473 g/mol. The standard InChI is InChI=1S/C21H29Cl2N3O3S/c1-15(2)12-25(13-18-7-6-10-24(18)5)21(27)14-26(16(3)4)30(28,29)20-11-17(22)8-9-19(20)23/h6-11,15-16H,12-14H2,1-5H3. The highest BCUT2D eigenvalue weighted by Crippen LogP contribution is 2.29. The number of halogens is 2. The van der Waals surface area contributed by atoms with Gasteiger partial charge >= 0.3 is 0 Å². The zero-order chi connectivity index (χ0) is 22.6. The Morgan fingerprint density at radius 2 is 1.80 bits per heavy atom. The average molecular weight is 474 g/mol. The van der Waals surface area contributed by atoms with Crippen LogP contribution in [0.4, 0.5) is 0 Å². The minimum Gasteiger partial charge on any atom is -0.353 e. The van der Waals surface area contributed by atoms with E-state index in [9.17, 15) is 13.2 Å². The van der Waals surface area contributed by atoms with E-state index in [2.05, 4.69) is 0 Å². The smallest absolute Gasteiger partial charge is 0.245 e. The summed E-state index contributed by atoms with van der Waals surface area (Å²) in [5.74, 6) is -0.0268. The summed E-state index contributed by atoms with van der Waals surface area (Å²) in [6.07, 6.45) is 1.92. The number of carbonyl (C=O) groups is 1. The van der Waals surface area contributed by atoms with Crippen molar-refractivity contribution >= 4 is 39.1 Å². The molecule has 0 bridgehead atoms. The van der Waals surface area contributed by atoms with Crippen LogP contribution in [0.5, 0.6) is 0 Å². The molecule has 0 N–H and O–H groups in total. The van der Waals surface area contributed by atoms with Gasteiger partial charge in [-0.05, 0) is 50.1 Å². The molecule has 2 rings (SSSR count). The highest BCUT2D eigenvalue weighted by molar-refractivity contribution is 7.89. The lowest BCUT2D eigenvalue weighted by Crippen LogP contribution is -2.46. The highest BCUT2D eigenvalue weighted by atomic mass is 35.5. The SMILES string of the molecule is CC(C)CN(Cc1cccn1C)C(=O)CN(C(C)C)S(=O)(=O)c1cc(Cl)ccc1Cl. The summed E-state index contributed by atoms with van der Waals surface area (Å²) in [4.78, 5) is 14.8. The molecule has 0 atom stereocenters. The first kappa shape index (κ1) is 24.7. The van der Waals surface area contributed by atoms with Crippen molar-refractivity contribution < 1.29 is 13.2 Å². The molecule has 30 heavy (non-hydrogen) atoms. The molecular formula is C21H29Cl2N3O3S. The van der Waals surface area contributed by atoms with Crippen LogP contribution in [-0.2, 0) is 28.4 Å². The number of carbonyl (C=O) groups excluding carboxylic acids is 1. The van der Waals surface area contributed by atoms with Gasteiger partial charge in [0.15, 0.2) is 0 Å². The fraction of sp³-hybridized carbons (Fsp3) is 0.476. The largest absolute Gasteiger partial charge is 0.353 e. The topological polar surface area (TPSA) is 62.6 Å². The van der Waals surface area contributed by atoms with E-state index in [0.29, 0.717) is 13.1 Å². The molecule has 0 saturated heterocycles. The number of benzene rings is 1. The molecule has 166 valence electrons. The van der Waals surface area contributed by atoms with Crippen molar-refractivity contribution in [3.63, 3.8) is 0 Å². The third kappa shape index (κ3) is 6.00. The van der Waals surface area contributed by atoms with Crippen molar-refractivity contribution in [1.29, 1.82) is 0 Å². The van der Waals surface area contributed by atoms with Gasteiger partial charge in [-0.25, -0.2) is 8.42 Å². The number of hydrogen-bond acceptors (Lipinski definition) is 3. The predicted molar refractivity (Wildman–Crippen MR) is 121 cm³/mol. The van der Waals surface area contributed by atoms with Crippen LogP contribution in [0.2, 0.25) is 10.0 Å². The molecule has 0 aliphatic carbocycles. The van der Waals surface area contributed by atoms with E-state index in [4.69, 9.17) is 23.2 Å². The minimum absolute atomic E-state index is 0.0698. The molecule has 1 aromatic heterocycles. The number of rotatable bonds is 9. The molecule has 0 aliphatic heterocycles. The van der Waals surface area contributed by atoms with Gasteiger partial charge in [-0.15, -0.1) is 0 Å². The summed E-state index contributed by atoms with van der Waals surface area (Å²) >= 11 is 12.1. The highest BCUT2D eigenvalue weighted by Gasteiger charge is 2.32. The van der Waals surface area contributed by atoms with Crippen LogP contribution >= 0.6 is 23.2 Å². The maximum absolute atomic E-state index is 13.3. The number of aromatic nitrogens is 1. The molecule has 0 radical (unpaired) electrons. The minimum atomic E-state index is -4.02. The first-order valence-corrected chi connectivity index (χ1v) is 12.0. The lowest BCUT2D eigenvalue weighted by atomic mass is 10.2. The van der Waals surface area contributed by atoms with E-state index >= 15 is 0 Å². The van der Waals surface area contributed by atoms with Crippen LogP contribution in [0.3, 0.4) is 0 Å². The fourth-order valence-electron chi connectivity index (χ4n) is 3.13. The first-order chi connectivity index (χ1) is 13.9. The van der Waals surface area contributed by atoms with Crippen molar-refractivity contribution in [3.8, 4) is 0 Å². The van der Waals surface area contributed by atoms with Gasteiger partial charge in [0.1, 0.15) is 4.90 Å². The number of sulfonamides is 1. The van der Waals surface area contributed by atoms with E-state index in [1.165, 1.54) is 22.5 Å². The molecule has 0 spiro atoms. The molecule has 0 aliphatic rings. The van der Waals surface area contributed by atoms with E-state index in [-0.39, 0.29) is 33.3 Å². The summed E-state index contributed by atoms with van der Waals surface area (Å²) in [6.45, 7) is 8.15. The Balaban J connectivity index is 2.34. The maximum Gasteiger partial charge on any atom is 0.245 e. The van der Waals surface area contributed by atoms with E-state index < -0.39 is 16.1 Å². The third-order valence-electron chi connectivity index (χ3n) is 4.69. The normalized spacial score (nSPS) is 12.2. The van der Waals surface area contributed by atoms with Gasteiger partial charge in [-0.1, -0.05) is 37.0 Å². The number of aryl methyl sites for hydroxylation is 1. The Morgan fingerprint density at radius 3 is 2.33 bits per heavy atom. The first-order valence-electron chi connectivity index (χ1n) is 9.78. The number of hydrogen-bond donors (Lipinski definition) is 0. The Morgan fingerprint density at radius 1 is 1.13 bits per heavy atom. The molecule has 0 saturated carbocycles. The number of nitrogens with zero attached hydrogens (tertiary/aromatic N) is 3. The number of amides is 1. The second-order valence-corrected chi connectivity index (χ2v) is 10.7. The predicted octanol–water partition coefficient (Wildman–Crippen LogP) is 4.42. The van der Waals surface area contributed by atoms with Crippen LogP contribution in [0, 0.1) is 5.92 Å². The van der Waals surface area contributed by atoms with Gasteiger partial charge < -0.3 is 9.47 Å². The van der Waals surface area contributed by atoms with Crippen molar-refractivity contribution in [3.05, 3.63) is 52.3 Å². The molecule has 1 aromatic carbocycles. The Hall–Kier alpha value is -1.54. The van der Waals surface area contributed by atoms with Gasteiger partial charge in [0, 0.05) is 36.5 Å². The van der Waals surface area contributed by atoms with Gasteiger partial charge in [0.05, 0.1) is 18.1 Å². The summed E-state index contributed by atoms with van der Waals surface area (Å²) in [7, 11) is -2.10. The fourth-order valence-corrected chi connectivity index (χ4v) is 5.46. The lowest BCUT2D eigenvalue weighted by molar-refractivity contribution is -0.132. The third-order valence-corrected chi connectivity index (χ3v) is 7.43. The summed E-state index contributed by atoms with van der Waals surface area (Å²) in [6, 6.07) is 7.71. The Kier molecular flexibility index (Phi) is 8.39. The molecule has 6 nitrogen and oxygen atoms in total. The quantitative estimate of drug-likeness (QED) is 0.541.